The minimum absolute atomic E-state index is 0.330. The molecule has 276 valence electrons. The van der Waals surface area contributed by atoms with E-state index in [0.717, 1.165) is 28.4 Å². The van der Waals surface area contributed by atoms with Crippen LogP contribution in [0.15, 0.2) is 218 Å². The first-order valence-corrected chi connectivity index (χ1v) is 20.4. The van der Waals surface area contributed by atoms with E-state index in [2.05, 4.69) is 237 Å². The summed E-state index contributed by atoms with van der Waals surface area (Å²) < 4.78 is 4.77. The number of allylic oxidation sites excluding steroid dienone is 4. The molecule has 3 aliphatic rings. The first-order valence-electron chi connectivity index (χ1n) is 20.4. The summed E-state index contributed by atoms with van der Waals surface area (Å²) in [4.78, 5) is 5.00. The first-order chi connectivity index (χ1) is 28.8. The van der Waals surface area contributed by atoms with Gasteiger partial charge >= 0.3 is 0 Å². The molecule has 0 radical (unpaired) electrons. The highest BCUT2D eigenvalue weighted by Gasteiger charge is 2.45. The molecule has 12 rings (SSSR count). The van der Waals surface area contributed by atoms with Gasteiger partial charge < -0.3 is 18.9 Å². The largest absolute Gasteiger partial charge is 0.357 e. The highest BCUT2D eigenvalue weighted by Crippen LogP contribution is 2.45. The van der Waals surface area contributed by atoms with Crippen molar-refractivity contribution >= 4 is 66.4 Å². The van der Waals surface area contributed by atoms with Crippen LogP contribution in [0.25, 0.3) is 55.0 Å². The Hall–Kier alpha value is -7.30. The van der Waals surface area contributed by atoms with Crippen molar-refractivity contribution in [1.29, 1.82) is 0 Å². The smallest absolute Gasteiger partial charge is 0.0551 e. The second-order valence-corrected chi connectivity index (χ2v) is 15.7. The van der Waals surface area contributed by atoms with Crippen LogP contribution in [0.5, 0.6) is 0 Å². The lowest BCUT2D eigenvalue weighted by molar-refractivity contribution is 0.527. The molecule has 9 aromatic rings. The summed E-state index contributed by atoms with van der Waals surface area (Å²) in [7, 11) is 0. The fraction of sp³-hybridized carbons (Fsp3) is 0.0741. The average Bonchev–Trinajstić information content (AvgIpc) is 3.93. The lowest BCUT2D eigenvalue weighted by atomic mass is 9.83. The topological polar surface area (TPSA) is 16.3 Å². The molecule has 7 aromatic carbocycles. The molecule has 0 N–H and O–H groups in total. The van der Waals surface area contributed by atoms with Crippen molar-refractivity contribution in [2.45, 2.75) is 12.1 Å². The van der Waals surface area contributed by atoms with Crippen LogP contribution in [-0.4, -0.2) is 21.2 Å². The normalized spacial score (nSPS) is 19.4. The lowest BCUT2D eigenvalue weighted by Crippen LogP contribution is -2.36. The fourth-order valence-electron chi connectivity index (χ4n) is 10.2. The maximum Gasteiger partial charge on any atom is 0.0551 e. The van der Waals surface area contributed by atoms with Gasteiger partial charge in [0.25, 0.3) is 0 Å². The lowest BCUT2D eigenvalue weighted by Gasteiger charge is -2.32. The number of nitrogens with zero attached hydrogens (tertiary/aromatic N) is 4. The van der Waals surface area contributed by atoms with Gasteiger partial charge in [0.1, 0.15) is 0 Å². The summed E-state index contributed by atoms with van der Waals surface area (Å²) >= 11 is 0. The Morgan fingerprint density at radius 1 is 0.310 bits per heavy atom. The standard InChI is InChI=1S/C54H40N4/c1-7-19-49-43(13-1)44-14-2-8-20-50(44)56(49)40-31-25-37(26-32-40)55(38-27-33-41(34-28-38)57-51-21-9-3-15-45(51)46-16-4-10-22-52(46)57)39-29-35-42(36-30-39)58-53-23-11-5-17-47(53)48-18-6-12-24-54(48)58/h1-36,43-44,49-50H. The SMILES string of the molecule is C1=CC2C3C=CC=CC3N(c3ccc(N(c4ccc(-n5c6ccccc6c6ccccc65)cc4)c4ccc(-n5c6ccccc6c6ccccc65)cc4)cc3)C2C=C1. The molecule has 58 heavy (non-hydrogen) atoms. The van der Waals surface area contributed by atoms with Crippen LogP contribution in [0.4, 0.5) is 22.7 Å². The van der Waals surface area contributed by atoms with Gasteiger partial charge in [-0.25, -0.2) is 0 Å². The van der Waals surface area contributed by atoms with Crippen molar-refractivity contribution in [3.8, 4) is 11.4 Å². The second kappa shape index (κ2) is 13.1. The zero-order valence-electron chi connectivity index (χ0n) is 31.9. The molecule has 4 nitrogen and oxygen atoms in total. The Labute approximate surface area is 337 Å². The monoisotopic (exact) mass is 744 g/mol. The van der Waals surface area contributed by atoms with E-state index in [9.17, 15) is 0 Å². The number of anilines is 4. The van der Waals surface area contributed by atoms with E-state index in [1.807, 2.05) is 0 Å². The molecule has 0 bridgehead atoms. The third-order valence-electron chi connectivity index (χ3n) is 12.7. The van der Waals surface area contributed by atoms with Crippen LogP contribution in [-0.2, 0) is 0 Å². The van der Waals surface area contributed by atoms with Gasteiger partial charge in [-0.15, -0.1) is 0 Å². The zero-order valence-corrected chi connectivity index (χ0v) is 31.9. The molecule has 2 aromatic heterocycles. The van der Waals surface area contributed by atoms with Crippen LogP contribution >= 0.6 is 0 Å². The van der Waals surface area contributed by atoms with Crippen molar-refractivity contribution in [2.75, 3.05) is 9.80 Å². The molecular weight excluding hydrogens is 705 g/mol. The van der Waals surface area contributed by atoms with Crippen LogP contribution < -0.4 is 9.80 Å². The molecule has 4 unspecified atom stereocenters. The van der Waals surface area contributed by atoms with Gasteiger partial charge in [0, 0.05) is 67.5 Å². The van der Waals surface area contributed by atoms with E-state index >= 15 is 0 Å². The predicted octanol–water partition coefficient (Wildman–Crippen LogP) is 13.4. The molecule has 0 spiro atoms. The summed E-state index contributed by atoms with van der Waals surface area (Å²) in [6.45, 7) is 0. The minimum Gasteiger partial charge on any atom is -0.357 e. The third kappa shape index (κ3) is 5.01. The Kier molecular flexibility index (Phi) is 7.45. The van der Waals surface area contributed by atoms with Gasteiger partial charge in [-0.3, -0.25) is 0 Å². The number of hydrogen-bond donors (Lipinski definition) is 0. The highest BCUT2D eigenvalue weighted by atomic mass is 15.2. The molecule has 1 saturated heterocycles. The van der Waals surface area contributed by atoms with Gasteiger partial charge in [0.2, 0.25) is 0 Å². The van der Waals surface area contributed by atoms with Crippen LogP contribution in [0.2, 0.25) is 0 Å². The molecule has 2 aliphatic carbocycles. The fourth-order valence-corrected chi connectivity index (χ4v) is 10.2. The van der Waals surface area contributed by atoms with Gasteiger partial charge in [0.15, 0.2) is 0 Å². The number of rotatable bonds is 6. The Balaban J connectivity index is 0.964. The molecule has 3 heterocycles. The van der Waals surface area contributed by atoms with Crippen molar-refractivity contribution in [1.82, 2.24) is 9.13 Å². The predicted molar refractivity (Wildman–Crippen MR) is 243 cm³/mol. The molecule has 1 aliphatic heterocycles. The van der Waals surface area contributed by atoms with E-state index < -0.39 is 0 Å². The Morgan fingerprint density at radius 3 is 0.983 bits per heavy atom. The summed E-state index contributed by atoms with van der Waals surface area (Å²) in [6.07, 6.45) is 18.4. The molecule has 1 fully saturated rings. The number of benzene rings is 7. The average molecular weight is 745 g/mol. The summed E-state index contributed by atoms with van der Waals surface area (Å²) in [5.41, 5.74) is 11.7. The molecule has 0 amide bonds. The van der Waals surface area contributed by atoms with Crippen molar-refractivity contribution in [3.63, 3.8) is 0 Å². The molecule has 0 saturated carbocycles. The van der Waals surface area contributed by atoms with E-state index in [1.165, 1.54) is 49.3 Å². The van der Waals surface area contributed by atoms with Crippen LogP contribution in [0.3, 0.4) is 0 Å². The molecular formula is C54H40N4. The minimum atomic E-state index is 0.330. The van der Waals surface area contributed by atoms with Gasteiger partial charge in [-0.2, -0.15) is 0 Å². The summed E-state index contributed by atoms with van der Waals surface area (Å²) in [6, 6.07) is 62.8. The third-order valence-corrected chi connectivity index (χ3v) is 12.7. The maximum atomic E-state index is 2.62. The quantitative estimate of drug-likeness (QED) is 0.169. The Morgan fingerprint density at radius 2 is 0.621 bits per heavy atom. The number of para-hydroxylation sites is 4. The van der Waals surface area contributed by atoms with E-state index in [0.29, 0.717) is 23.9 Å². The number of fused-ring (bicyclic) bond motifs is 9. The van der Waals surface area contributed by atoms with Crippen molar-refractivity contribution < 1.29 is 0 Å². The van der Waals surface area contributed by atoms with E-state index in [1.54, 1.807) is 0 Å². The summed E-state index contributed by atoms with van der Waals surface area (Å²) in [5.74, 6) is 0.932. The Bertz CT molecular complexity index is 2840. The first kappa shape index (κ1) is 32.9. The number of aromatic nitrogens is 2. The maximum absolute atomic E-state index is 2.62. The summed E-state index contributed by atoms with van der Waals surface area (Å²) in [5, 5.41) is 5.06. The highest BCUT2D eigenvalue weighted by molar-refractivity contribution is 6.10. The molecule has 4 atom stereocenters. The number of hydrogen-bond acceptors (Lipinski definition) is 2. The van der Waals surface area contributed by atoms with Gasteiger partial charge in [-0.05, 0) is 97.1 Å². The van der Waals surface area contributed by atoms with E-state index in [4.69, 9.17) is 0 Å². The van der Waals surface area contributed by atoms with Gasteiger partial charge in [0.05, 0.1) is 34.2 Å². The second-order valence-electron chi connectivity index (χ2n) is 15.7. The van der Waals surface area contributed by atoms with Crippen molar-refractivity contribution in [2.24, 2.45) is 11.8 Å². The van der Waals surface area contributed by atoms with E-state index in [-0.39, 0.29) is 0 Å². The van der Waals surface area contributed by atoms with Crippen LogP contribution in [0.1, 0.15) is 0 Å². The zero-order chi connectivity index (χ0) is 38.2. The van der Waals surface area contributed by atoms with Crippen LogP contribution in [0, 0.1) is 11.8 Å². The van der Waals surface area contributed by atoms with Gasteiger partial charge in [-0.1, -0.05) is 121 Å². The van der Waals surface area contributed by atoms with Crippen molar-refractivity contribution in [3.05, 3.63) is 218 Å². The molecule has 4 heteroatoms.